The molecule has 1 aliphatic rings. The molecule has 0 fully saturated rings. The van der Waals surface area contributed by atoms with Gasteiger partial charge in [-0.05, 0) is 17.2 Å². The first-order valence-electron chi connectivity index (χ1n) is 4.22. The molecule has 0 amide bonds. The molecule has 2 rings (SSSR count). The van der Waals surface area contributed by atoms with Crippen molar-refractivity contribution in [1.29, 1.82) is 0 Å². The number of hydrogen-bond acceptors (Lipinski definition) is 3. The fraction of sp³-hybridized carbons (Fsp3) is 0.0909. The summed E-state index contributed by atoms with van der Waals surface area (Å²) in [5.74, 6) is -2.91. The quantitative estimate of drug-likeness (QED) is 0.382. The first kappa shape index (κ1) is 12.8. The van der Waals surface area contributed by atoms with Gasteiger partial charge in [0.2, 0.25) is 0 Å². The van der Waals surface area contributed by atoms with Gasteiger partial charge in [0.25, 0.3) is 0 Å². The predicted octanol–water partition coefficient (Wildman–Crippen LogP) is -2.88. The minimum absolute atomic E-state index is 0. The number of carboxylic acids is 1. The molecule has 1 atom stereocenters. The molecule has 0 bridgehead atoms. The van der Waals surface area contributed by atoms with E-state index in [1.165, 1.54) is 6.08 Å². The number of carbonyl (C=O) groups is 2. The average Bonchev–Trinajstić information content (AvgIpc) is 2.17. The Labute approximate surface area is 130 Å². The van der Waals surface area contributed by atoms with Crippen molar-refractivity contribution in [2.75, 3.05) is 0 Å². The van der Waals surface area contributed by atoms with E-state index in [1.807, 2.05) is 0 Å². The molecule has 3 nitrogen and oxygen atoms in total. The Kier molecular flexibility index (Phi) is 4.42. The van der Waals surface area contributed by atoms with Crippen molar-refractivity contribution in [3.05, 3.63) is 41.5 Å². The second kappa shape index (κ2) is 5.18. The summed E-state index contributed by atoms with van der Waals surface area (Å²) < 4.78 is 0. The first-order chi connectivity index (χ1) is 6.70. The Morgan fingerprint density at radius 1 is 1.20 bits per heavy atom. The van der Waals surface area contributed by atoms with E-state index in [2.05, 4.69) is 0 Å². The molecule has 0 saturated carbocycles. The van der Waals surface area contributed by atoms with Gasteiger partial charge in [0.15, 0.2) is 5.78 Å². The number of carboxylic acid groups (broad SMARTS) is 1. The maximum absolute atomic E-state index is 11.3. The minimum atomic E-state index is -1.34. The molecule has 70 valence electrons. The maximum atomic E-state index is 11.3. The molecule has 1 unspecified atom stereocenters. The largest absolute Gasteiger partial charge is 1.00 e. The third-order valence-corrected chi connectivity index (χ3v) is 2.25. The molecule has 0 aliphatic heterocycles. The van der Waals surface area contributed by atoms with Gasteiger partial charge in [-0.25, -0.2) is 0 Å². The Bertz CT molecular complexity index is 437. The van der Waals surface area contributed by atoms with Crippen molar-refractivity contribution in [2.45, 2.75) is 5.92 Å². The molecule has 0 aromatic heterocycles. The van der Waals surface area contributed by atoms with Crippen molar-refractivity contribution in [3.8, 4) is 0 Å². The van der Waals surface area contributed by atoms with Gasteiger partial charge < -0.3 is 9.90 Å². The van der Waals surface area contributed by atoms with Crippen LogP contribution in [0.5, 0.6) is 0 Å². The van der Waals surface area contributed by atoms with Gasteiger partial charge in [-0.1, -0.05) is 30.3 Å². The monoisotopic (exact) mass is 226 g/mol. The zero-order chi connectivity index (χ0) is 10.1. The topological polar surface area (TPSA) is 57.2 Å². The van der Waals surface area contributed by atoms with Crippen LogP contribution in [0.25, 0.3) is 6.08 Å². The number of aliphatic carboxylic acids is 1. The van der Waals surface area contributed by atoms with Crippen molar-refractivity contribution >= 4 is 17.8 Å². The Hall–Kier alpha value is -0.264. The number of ketones is 1. The van der Waals surface area contributed by atoms with Gasteiger partial charge >= 0.3 is 51.4 Å². The molecule has 0 saturated heterocycles. The van der Waals surface area contributed by atoms with Crippen molar-refractivity contribution in [2.24, 2.45) is 0 Å². The third kappa shape index (κ3) is 2.46. The summed E-state index contributed by atoms with van der Waals surface area (Å²) in [4.78, 5) is 22.1. The second-order valence-electron chi connectivity index (χ2n) is 3.12. The predicted molar refractivity (Wildman–Crippen MR) is 48.2 cm³/mol. The van der Waals surface area contributed by atoms with E-state index in [0.717, 1.165) is 5.56 Å². The fourth-order valence-corrected chi connectivity index (χ4v) is 1.59. The Morgan fingerprint density at radius 3 is 2.53 bits per heavy atom. The summed E-state index contributed by atoms with van der Waals surface area (Å²) in [6.45, 7) is 0. The Balaban J connectivity index is 0.00000112. The van der Waals surface area contributed by atoms with Crippen LogP contribution in [0.2, 0.25) is 0 Å². The number of rotatable bonds is 1. The van der Waals surface area contributed by atoms with Crippen LogP contribution < -0.4 is 56.5 Å². The molecule has 15 heavy (non-hydrogen) atoms. The van der Waals surface area contributed by atoms with Crippen LogP contribution in [0.3, 0.4) is 0 Å². The van der Waals surface area contributed by atoms with Crippen molar-refractivity contribution in [1.82, 2.24) is 0 Å². The van der Waals surface area contributed by atoms with E-state index < -0.39 is 17.7 Å². The van der Waals surface area contributed by atoms with E-state index in [4.69, 9.17) is 0 Å². The molecule has 4 heteroatoms. The first-order valence-corrected chi connectivity index (χ1v) is 4.22. The van der Waals surface area contributed by atoms with Crippen LogP contribution in [0.1, 0.15) is 17.0 Å². The second-order valence-corrected chi connectivity index (χ2v) is 3.12. The molecule has 0 radical (unpaired) electrons. The summed E-state index contributed by atoms with van der Waals surface area (Å²) in [6.07, 6.45) is 2.90. The van der Waals surface area contributed by atoms with Gasteiger partial charge in [0.1, 0.15) is 0 Å². The van der Waals surface area contributed by atoms with Gasteiger partial charge in [0.05, 0.1) is 11.9 Å². The zero-order valence-corrected chi connectivity index (χ0v) is 11.4. The van der Waals surface area contributed by atoms with Crippen LogP contribution in [0.15, 0.2) is 30.3 Å². The van der Waals surface area contributed by atoms with Crippen molar-refractivity contribution in [3.63, 3.8) is 0 Å². The van der Waals surface area contributed by atoms with Crippen LogP contribution in [-0.4, -0.2) is 11.8 Å². The molecule has 1 aliphatic carbocycles. The standard InChI is InChI=1S/C11H8O3.K/c12-9-6-5-7-3-1-2-4-8(7)10(9)11(13)14;/h1-6,10H,(H,13,14);/q;+1/p-1. The van der Waals surface area contributed by atoms with Crippen LogP contribution >= 0.6 is 0 Å². The number of hydrogen-bond donors (Lipinski definition) is 0. The molecule has 1 aromatic carbocycles. The smallest absolute Gasteiger partial charge is 0.549 e. The summed E-state index contributed by atoms with van der Waals surface area (Å²) in [5.41, 5.74) is 1.28. The van der Waals surface area contributed by atoms with Crippen LogP contribution in [0, 0.1) is 0 Å². The van der Waals surface area contributed by atoms with Gasteiger partial charge in [-0.3, -0.25) is 4.79 Å². The number of carbonyl (C=O) groups excluding carboxylic acids is 2. The zero-order valence-electron chi connectivity index (χ0n) is 8.27. The molecule has 1 aromatic rings. The average molecular weight is 226 g/mol. The van der Waals surface area contributed by atoms with Crippen LogP contribution in [-0.2, 0) is 9.59 Å². The Morgan fingerprint density at radius 2 is 1.87 bits per heavy atom. The number of benzene rings is 1. The van der Waals surface area contributed by atoms with Crippen molar-refractivity contribution < 1.29 is 66.1 Å². The van der Waals surface area contributed by atoms with Gasteiger partial charge in [0, 0.05) is 0 Å². The minimum Gasteiger partial charge on any atom is -0.549 e. The molecular weight excluding hydrogens is 219 g/mol. The summed E-state index contributed by atoms with van der Waals surface area (Å²) in [7, 11) is 0. The molecule has 0 N–H and O–H groups in total. The fourth-order valence-electron chi connectivity index (χ4n) is 1.59. The molecule has 0 heterocycles. The summed E-state index contributed by atoms with van der Waals surface area (Å²) in [6, 6.07) is 6.91. The van der Waals surface area contributed by atoms with E-state index in [1.54, 1.807) is 30.3 Å². The van der Waals surface area contributed by atoms with Gasteiger partial charge in [-0.2, -0.15) is 0 Å². The molecule has 0 spiro atoms. The van der Waals surface area contributed by atoms with Crippen LogP contribution in [0.4, 0.5) is 0 Å². The summed E-state index contributed by atoms with van der Waals surface area (Å²) >= 11 is 0. The molecular formula is C11H7KO3. The van der Waals surface area contributed by atoms with Gasteiger partial charge in [-0.15, -0.1) is 0 Å². The van der Waals surface area contributed by atoms with E-state index in [-0.39, 0.29) is 51.4 Å². The summed E-state index contributed by atoms with van der Waals surface area (Å²) in [5, 5.41) is 10.8. The third-order valence-electron chi connectivity index (χ3n) is 2.25. The number of fused-ring (bicyclic) bond motifs is 1. The normalized spacial score (nSPS) is 17.9. The van der Waals surface area contributed by atoms with E-state index in [9.17, 15) is 14.7 Å². The SMILES string of the molecule is O=C([O-])C1C(=O)C=Cc2ccccc21.[K+]. The van der Waals surface area contributed by atoms with E-state index >= 15 is 0 Å². The van der Waals surface area contributed by atoms with E-state index in [0.29, 0.717) is 5.56 Å². The maximum Gasteiger partial charge on any atom is 1.00 e. The number of allylic oxidation sites excluding steroid dienone is 1.